The summed E-state index contributed by atoms with van der Waals surface area (Å²) in [5.74, 6) is 0.880. The zero-order valence-electron chi connectivity index (χ0n) is 9.18. The van der Waals surface area contributed by atoms with Crippen LogP contribution in [0.3, 0.4) is 0 Å². The van der Waals surface area contributed by atoms with Crippen molar-refractivity contribution in [2.24, 2.45) is 0 Å². The van der Waals surface area contributed by atoms with Gasteiger partial charge in [-0.2, -0.15) is 0 Å². The molecule has 3 rings (SSSR count). The van der Waals surface area contributed by atoms with Gasteiger partial charge in [0.1, 0.15) is 6.10 Å². The first-order chi connectivity index (χ1) is 7.84. The smallest absolute Gasteiger partial charge is 0.167 e. The van der Waals surface area contributed by atoms with Crippen molar-refractivity contribution in [1.82, 2.24) is 19.9 Å². The maximum Gasteiger partial charge on any atom is 0.167 e. The number of hydrogen-bond acceptors (Lipinski definition) is 4. The molecule has 84 valence electrons. The van der Waals surface area contributed by atoms with E-state index in [0.717, 1.165) is 31.2 Å². The van der Waals surface area contributed by atoms with Crippen molar-refractivity contribution in [2.45, 2.75) is 13.0 Å². The quantitative estimate of drug-likeness (QED) is 0.765. The van der Waals surface area contributed by atoms with Crippen molar-refractivity contribution in [3.8, 4) is 0 Å². The van der Waals surface area contributed by atoms with Crippen LogP contribution in [0, 0.1) is 6.92 Å². The Morgan fingerprint density at radius 1 is 1.44 bits per heavy atom. The highest BCUT2D eigenvalue weighted by Crippen LogP contribution is 2.18. The van der Waals surface area contributed by atoms with Gasteiger partial charge in [0.2, 0.25) is 0 Å². The summed E-state index contributed by atoms with van der Waals surface area (Å²) in [6.07, 6.45) is 2.05. The SMILES string of the molecule is Cc1ccc2nnc(C3CNCCO3)n2c1. The second-order valence-electron chi connectivity index (χ2n) is 4.06. The summed E-state index contributed by atoms with van der Waals surface area (Å²) in [4.78, 5) is 0. The Kier molecular flexibility index (Phi) is 2.34. The fourth-order valence-electron chi connectivity index (χ4n) is 1.97. The lowest BCUT2D eigenvalue weighted by Crippen LogP contribution is -2.34. The van der Waals surface area contributed by atoms with E-state index < -0.39 is 0 Å². The number of ether oxygens (including phenoxy) is 1. The Balaban J connectivity index is 2.05. The lowest BCUT2D eigenvalue weighted by molar-refractivity contribution is 0.0215. The van der Waals surface area contributed by atoms with Crippen molar-refractivity contribution in [2.75, 3.05) is 19.7 Å². The third-order valence-electron chi connectivity index (χ3n) is 2.79. The molecule has 0 radical (unpaired) electrons. The molecule has 5 nitrogen and oxygen atoms in total. The summed E-state index contributed by atoms with van der Waals surface area (Å²) in [6.45, 7) is 4.50. The number of fused-ring (bicyclic) bond motifs is 1. The van der Waals surface area contributed by atoms with Crippen LogP contribution >= 0.6 is 0 Å². The number of nitrogens with one attached hydrogen (secondary N) is 1. The summed E-state index contributed by atoms with van der Waals surface area (Å²) in [7, 11) is 0. The van der Waals surface area contributed by atoms with E-state index >= 15 is 0 Å². The molecular formula is C11H14N4O. The highest BCUT2D eigenvalue weighted by molar-refractivity contribution is 5.39. The van der Waals surface area contributed by atoms with Crippen LogP contribution in [0.4, 0.5) is 0 Å². The van der Waals surface area contributed by atoms with Gasteiger partial charge in [-0.25, -0.2) is 0 Å². The summed E-state index contributed by atoms with van der Waals surface area (Å²) in [6, 6.07) is 4.01. The number of aryl methyl sites for hydroxylation is 1. The standard InChI is InChI=1S/C11H14N4O/c1-8-2-3-10-13-14-11(15(10)7-8)9-6-12-4-5-16-9/h2-3,7,9,12H,4-6H2,1H3. The summed E-state index contributed by atoms with van der Waals surface area (Å²) in [5, 5.41) is 11.6. The lowest BCUT2D eigenvalue weighted by Gasteiger charge is -2.22. The number of nitrogens with zero attached hydrogens (tertiary/aromatic N) is 3. The van der Waals surface area contributed by atoms with Gasteiger partial charge < -0.3 is 10.1 Å². The minimum absolute atomic E-state index is 0.00514. The normalized spacial score (nSPS) is 21.4. The molecule has 0 saturated carbocycles. The molecule has 3 heterocycles. The van der Waals surface area contributed by atoms with Crippen LogP contribution in [-0.2, 0) is 4.74 Å². The van der Waals surface area contributed by atoms with E-state index in [2.05, 4.69) is 22.4 Å². The van der Waals surface area contributed by atoms with Crippen LogP contribution in [0.1, 0.15) is 17.5 Å². The third-order valence-corrected chi connectivity index (χ3v) is 2.79. The predicted octanol–water partition coefficient (Wildman–Crippen LogP) is 0.699. The summed E-state index contributed by atoms with van der Waals surface area (Å²) in [5.41, 5.74) is 2.06. The number of aromatic nitrogens is 3. The van der Waals surface area contributed by atoms with Gasteiger partial charge in [-0.3, -0.25) is 4.40 Å². The van der Waals surface area contributed by atoms with Gasteiger partial charge in [-0.05, 0) is 18.6 Å². The molecule has 2 aromatic heterocycles. The molecule has 1 fully saturated rings. The van der Waals surface area contributed by atoms with Crippen molar-refractivity contribution >= 4 is 5.65 Å². The maximum atomic E-state index is 5.68. The Labute approximate surface area is 93.4 Å². The van der Waals surface area contributed by atoms with Crippen LogP contribution in [0.25, 0.3) is 5.65 Å². The van der Waals surface area contributed by atoms with E-state index in [1.54, 1.807) is 0 Å². The molecular weight excluding hydrogens is 204 g/mol. The van der Waals surface area contributed by atoms with Gasteiger partial charge >= 0.3 is 0 Å². The molecule has 0 bridgehead atoms. The van der Waals surface area contributed by atoms with Gasteiger partial charge in [0, 0.05) is 19.3 Å². The first kappa shape index (κ1) is 9.74. The first-order valence-corrected chi connectivity index (χ1v) is 5.48. The largest absolute Gasteiger partial charge is 0.368 e. The molecule has 5 heteroatoms. The number of morpholine rings is 1. The number of pyridine rings is 1. The zero-order chi connectivity index (χ0) is 11.0. The Hall–Kier alpha value is -1.46. The van der Waals surface area contributed by atoms with Gasteiger partial charge in [-0.15, -0.1) is 10.2 Å². The lowest BCUT2D eigenvalue weighted by atomic mass is 10.2. The first-order valence-electron chi connectivity index (χ1n) is 5.48. The summed E-state index contributed by atoms with van der Waals surface area (Å²) < 4.78 is 7.69. The maximum absolute atomic E-state index is 5.68. The van der Waals surface area contributed by atoms with Gasteiger partial charge in [0.15, 0.2) is 11.5 Å². The molecule has 2 aromatic rings. The predicted molar refractivity (Wildman–Crippen MR) is 59.3 cm³/mol. The third kappa shape index (κ3) is 1.58. The second-order valence-corrected chi connectivity index (χ2v) is 4.06. The van der Waals surface area contributed by atoms with E-state index in [4.69, 9.17) is 4.74 Å². The number of hydrogen-bond donors (Lipinski definition) is 1. The molecule has 1 saturated heterocycles. The van der Waals surface area contributed by atoms with E-state index in [1.807, 2.05) is 22.7 Å². The Morgan fingerprint density at radius 3 is 3.19 bits per heavy atom. The van der Waals surface area contributed by atoms with Crippen molar-refractivity contribution in [3.63, 3.8) is 0 Å². The van der Waals surface area contributed by atoms with Gasteiger partial charge in [-0.1, -0.05) is 6.07 Å². The molecule has 1 aliphatic heterocycles. The minimum atomic E-state index is 0.00514. The van der Waals surface area contributed by atoms with Crippen LogP contribution < -0.4 is 5.32 Å². The van der Waals surface area contributed by atoms with E-state index in [1.165, 1.54) is 5.56 Å². The van der Waals surface area contributed by atoms with Crippen LogP contribution in [0.5, 0.6) is 0 Å². The summed E-state index contributed by atoms with van der Waals surface area (Å²) >= 11 is 0. The molecule has 16 heavy (non-hydrogen) atoms. The average Bonchev–Trinajstić information content (AvgIpc) is 2.73. The van der Waals surface area contributed by atoms with Crippen LogP contribution in [0.2, 0.25) is 0 Å². The van der Waals surface area contributed by atoms with E-state index in [9.17, 15) is 0 Å². The molecule has 1 unspecified atom stereocenters. The van der Waals surface area contributed by atoms with E-state index in [0.29, 0.717) is 0 Å². The van der Waals surface area contributed by atoms with Crippen molar-refractivity contribution in [1.29, 1.82) is 0 Å². The molecule has 1 aliphatic rings. The average molecular weight is 218 g/mol. The van der Waals surface area contributed by atoms with E-state index in [-0.39, 0.29) is 6.10 Å². The topological polar surface area (TPSA) is 51.5 Å². The molecule has 0 aromatic carbocycles. The zero-order valence-corrected chi connectivity index (χ0v) is 9.18. The second kappa shape index (κ2) is 3.84. The van der Waals surface area contributed by atoms with Crippen LogP contribution in [-0.4, -0.2) is 34.3 Å². The Bertz CT molecular complexity index is 502. The Morgan fingerprint density at radius 2 is 2.38 bits per heavy atom. The van der Waals surface area contributed by atoms with Crippen molar-refractivity contribution in [3.05, 3.63) is 29.7 Å². The highest BCUT2D eigenvalue weighted by Gasteiger charge is 2.21. The number of rotatable bonds is 1. The molecule has 1 N–H and O–H groups in total. The minimum Gasteiger partial charge on any atom is -0.368 e. The fourth-order valence-corrected chi connectivity index (χ4v) is 1.97. The molecule has 0 amide bonds. The molecule has 0 aliphatic carbocycles. The van der Waals surface area contributed by atoms with Crippen molar-refractivity contribution < 1.29 is 4.74 Å². The van der Waals surface area contributed by atoms with Gasteiger partial charge in [0.05, 0.1) is 6.61 Å². The monoisotopic (exact) mass is 218 g/mol. The molecule has 0 spiro atoms. The fraction of sp³-hybridized carbons (Fsp3) is 0.455. The highest BCUT2D eigenvalue weighted by atomic mass is 16.5. The van der Waals surface area contributed by atoms with Crippen LogP contribution in [0.15, 0.2) is 18.3 Å². The van der Waals surface area contributed by atoms with Gasteiger partial charge in [0.25, 0.3) is 0 Å². The molecule has 1 atom stereocenters.